The smallest absolute Gasteiger partial charge is 0.228 e. The Hall–Kier alpha value is -2.43. The minimum atomic E-state index is 0.0447. The van der Waals surface area contributed by atoms with Gasteiger partial charge < -0.3 is 10.6 Å². The zero-order chi connectivity index (χ0) is 14.1. The van der Waals surface area contributed by atoms with Crippen LogP contribution in [0.1, 0.15) is 24.0 Å². The van der Waals surface area contributed by atoms with Gasteiger partial charge in [-0.1, -0.05) is 6.92 Å². The van der Waals surface area contributed by atoms with Gasteiger partial charge in [0.1, 0.15) is 11.6 Å². The molecule has 0 unspecified atom stereocenters. The van der Waals surface area contributed by atoms with Crippen LogP contribution in [-0.2, 0) is 17.6 Å². The number of benzene rings is 1. The lowest BCUT2D eigenvalue weighted by atomic mass is 10.1. The molecule has 1 aromatic heterocycles. The van der Waals surface area contributed by atoms with Crippen LogP contribution in [-0.4, -0.2) is 15.9 Å². The molecule has 0 atom stereocenters. The summed E-state index contributed by atoms with van der Waals surface area (Å²) in [6.07, 6.45) is 1.31. The van der Waals surface area contributed by atoms with Crippen LogP contribution in [0.4, 0.5) is 17.2 Å². The van der Waals surface area contributed by atoms with Crippen molar-refractivity contribution in [3.05, 3.63) is 41.3 Å². The summed E-state index contributed by atoms with van der Waals surface area (Å²) in [4.78, 5) is 20.1. The number of hydrogen-bond donors (Lipinski definition) is 2. The number of anilines is 3. The van der Waals surface area contributed by atoms with E-state index in [1.807, 2.05) is 31.2 Å². The number of amides is 1. The molecule has 2 heterocycles. The van der Waals surface area contributed by atoms with E-state index >= 15 is 0 Å². The van der Waals surface area contributed by atoms with Crippen molar-refractivity contribution in [1.29, 1.82) is 0 Å². The number of hydrogen-bond acceptors (Lipinski definition) is 4. The quantitative estimate of drug-likeness (QED) is 0.898. The summed E-state index contributed by atoms with van der Waals surface area (Å²) in [6.45, 7) is 3.95. The van der Waals surface area contributed by atoms with Gasteiger partial charge >= 0.3 is 0 Å². The third-order valence-corrected chi connectivity index (χ3v) is 3.26. The second kappa shape index (κ2) is 4.92. The second-order valence-corrected chi connectivity index (χ2v) is 4.87. The number of aromatic nitrogens is 2. The van der Waals surface area contributed by atoms with Gasteiger partial charge in [0.25, 0.3) is 0 Å². The largest absolute Gasteiger partial charge is 0.340 e. The maximum Gasteiger partial charge on any atom is 0.228 e. The fourth-order valence-electron chi connectivity index (χ4n) is 2.33. The average molecular weight is 268 g/mol. The van der Waals surface area contributed by atoms with Crippen molar-refractivity contribution in [3.63, 3.8) is 0 Å². The number of aryl methyl sites for hydroxylation is 2. The van der Waals surface area contributed by atoms with Gasteiger partial charge in [0.2, 0.25) is 5.91 Å². The number of nitrogens with one attached hydrogen (secondary N) is 2. The fraction of sp³-hybridized carbons (Fsp3) is 0.267. The lowest BCUT2D eigenvalue weighted by Gasteiger charge is -2.09. The van der Waals surface area contributed by atoms with Crippen LogP contribution in [0, 0.1) is 6.92 Å². The van der Waals surface area contributed by atoms with Gasteiger partial charge in [-0.25, -0.2) is 9.97 Å². The van der Waals surface area contributed by atoms with E-state index in [0.29, 0.717) is 6.42 Å². The van der Waals surface area contributed by atoms with Crippen LogP contribution in [0.5, 0.6) is 0 Å². The minimum Gasteiger partial charge on any atom is -0.340 e. The van der Waals surface area contributed by atoms with Crippen LogP contribution in [0.15, 0.2) is 24.3 Å². The minimum absolute atomic E-state index is 0.0447. The monoisotopic (exact) mass is 268 g/mol. The van der Waals surface area contributed by atoms with E-state index < -0.39 is 0 Å². The summed E-state index contributed by atoms with van der Waals surface area (Å²) >= 11 is 0. The number of fused-ring (bicyclic) bond motifs is 1. The number of rotatable bonds is 3. The fourth-order valence-corrected chi connectivity index (χ4v) is 2.33. The molecule has 3 rings (SSSR count). The molecule has 0 radical (unpaired) electrons. The first-order chi connectivity index (χ1) is 9.64. The lowest BCUT2D eigenvalue weighted by molar-refractivity contribution is -0.115. The average Bonchev–Trinajstić information content (AvgIpc) is 2.77. The van der Waals surface area contributed by atoms with Gasteiger partial charge in [0.05, 0.1) is 6.42 Å². The van der Waals surface area contributed by atoms with Crippen LogP contribution >= 0.6 is 0 Å². The molecule has 0 saturated carbocycles. The number of carbonyl (C=O) groups excluding carboxylic acids is 1. The Morgan fingerprint density at radius 3 is 2.95 bits per heavy atom. The molecule has 2 aromatic rings. The Morgan fingerprint density at radius 2 is 2.15 bits per heavy atom. The standard InChI is InChI=1S/C15H16N4O/c1-3-11-8-14(17-9(2)16-11)18-12-4-5-13-10(6-12)7-15(20)19-13/h4-6,8H,3,7H2,1-2H3,(H,19,20)(H,16,17,18). The van der Waals surface area contributed by atoms with Crippen molar-refractivity contribution in [2.75, 3.05) is 10.6 Å². The Balaban J connectivity index is 1.87. The Morgan fingerprint density at radius 1 is 1.30 bits per heavy atom. The summed E-state index contributed by atoms with van der Waals surface area (Å²) in [5.74, 6) is 1.58. The molecule has 0 aliphatic carbocycles. The SMILES string of the molecule is CCc1cc(Nc2ccc3c(c2)CC(=O)N3)nc(C)n1. The van der Waals surface area contributed by atoms with Gasteiger partial charge in [-0.2, -0.15) is 0 Å². The molecule has 2 N–H and O–H groups in total. The number of carbonyl (C=O) groups is 1. The first-order valence-corrected chi connectivity index (χ1v) is 6.68. The topological polar surface area (TPSA) is 66.9 Å². The molecule has 0 bridgehead atoms. The zero-order valence-electron chi connectivity index (χ0n) is 11.5. The van der Waals surface area contributed by atoms with Crippen LogP contribution in [0.3, 0.4) is 0 Å². The Labute approximate surface area is 117 Å². The summed E-state index contributed by atoms with van der Waals surface area (Å²) < 4.78 is 0. The first kappa shape index (κ1) is 12.6. The predicted molar refractivity (Wildman–Crippen MR) is 78.2 cm³/mol. The normalized spacial score (nSPS) is 13.0. The molecule has 5 heteroatoms. The Bertz CT molecular complexity index is 682. The predicted octanol–water partition coefficient (Wildman–Crippen LogP) is 2.59. The number of nitrogens with zero attached hydrogens (tertiary/aromatic N) is 2. The van der Waals surface area contributed by atoms with Crippen molar-refractivity contribution in [1.82, 2.24) is 9.97 Å². The summed E-state index contributed by atoms with van der Waals surface area (Å²) in [5.41, 5.74) is 3.86. The highest BCUT2D eigenvalue weighted by molar-refractivity contribution is 5.99. The van der Waals surface area contributed by atoms with E-state index in [1.54, 1.807) is 0 Å². The maximum atomic E-state index is 11.3. The van der Waals surface area contributed by atoms with Crippen molar-refractivity contribution < 1.29 is 4.79 Å². The van der Waals surface area contributed by atoms with E-state index in [4.69, 9.17) is 0 Å². The third-order valence-electron chi connectivity index (χ3n) is 3.26. The van der Waals surface area contributed by atoms with Crippen molar-refractivity contribution in [2.45, 2.75) is 26.7 Å². The maximum absolute atomic E-state index is 11.3. The highest BCUT2D eigenvalue weighted by Gasteiger charge is 2.17. The first-order valence-electron chi connectivity index (χ1n) is 6.68. The van der Waals surface area contributed by atoms with Gasteiger partial charge in [-0.15, -0.1) is 0 Å². The molecule has 0 fully saturated rings. The molecule has 20 heavy (non-hydrogen) atoms. The molecule has 5 nitrogen and oxygen atoms in total. The van der Waals surface area contributed by atoms with E-state index in [-0.39, 0.29) is 5.91 Å². The van der Waals surface area contributed by atoms with E-state index in [9.17, 15) is 4.79 Å². The molecule has 1 aromatic carbocycles. The summed E-state index contributed by atoms with van der Waals surface area (Å²) in [6, 6.07) is 7.78. The molecule has 102 valence electrons. The van der Waals surface area contributed by atoms with E-state index in [1.165, 1.54) is 0 Å². The Kier molecular flexibility index (Phi) is 3.10. The summed E-state index contributed by atoms with van der Waals surface area (Å²) in [7, 11) is 0. The summed E-state index contributed by atoms with van der Waals surface area (Å²) in [5, 5.41) is 6.10. The van der Waals surface area contributed by atoms with E-state index in [0.717, 1.165) is 40.7 Å². The molecule has 1 amide bonds. The van der Waals surface area contributed by atoms with Crippen molar-refractivity contribution in [2.24, 2.45) is 0 Å². The van der Waals surface area contributed by atoms with Gasteiger partial charge in [-0.3, -0.25) is 4.79 Å². The van der Waals surface area contributed by atoms with Crippen molar-refractivity contribution >= 4 is 23.1 Å². The third kappa shape index (κ3) is 2.47. The lowest BCUT2D eigenvalue weighted by Crippen LogP contribution is -2.03. The molecule has 0 spiro atoms. The highest BCUT2D eigenvalue weighted by atomic mass is 16.1. The van der Waals surface area contributed by atoms with Gasteiger partial charge in [-0.05, 0) is 37.1 Å². The molecule has 0 saturated heterocycles. The molecular weight excluding hydrogens is 252 g/mol. The van der Waals surface area contributed by atoms with Gasteiger partial charge in [0, 0.05) is 23.1 Å². The molecule has 1 aliphatic heterocycles. The van der Waals surface area contributed by atoms with Gasteiger partial charge in [0.15, 0.2) is 0 Å². The van der Waals surface area contributed by atoms with Crippen LogP contribution in [0.25, 0.3) is 0 Å². The van der Waals surface area contributed by atoms with Crippen LogP contribution < -0.4 is 10.6 Å². The molecule has 1 aliphatic rings. The van der Waals surface area contributed by atoms with E-state index in [2.05, 4.69) is 27.5 Å². The highest BCUT2D eigenvalue weighted by Crippen LogP contribution is 2.27. The molecular formula is C15H16N4O. The van der Waals surface area contributed by atoms with Crippen LogP contribution in [0.2, 0.25) is 0 Å². The zero-order valence-corrected chi connectivity index (χ0v) is 11.5. The second-order valence-electron chi connectivity index (χ2n) is 4.87. The van der Waals surface area contributed by atoms with Crippen molar-refractivity contribution in [3.8, 4) is 0 Å².